The van der Waals surface area contributed by atoms with Crippen molar-refractivity contribution in [1.29, 1.82) is 0 Å². The Labute approximate surface area is 156 Å². The van der Waals surface area contributed by atoms with Crippen LogP contribution in [0.2, 0.25) is 5.15 Å². The van der Waals surface area contributed by atoms with E-state index < -0.39 is 5.82 Å². The van der Waals surface area contributed by atoms with Crippen LogP contribution in [-0.4, -0.2) is 30.3 Å². The summed E-state index contributed by atoms with van der Waals surface area (Å²) < 4.78 is 17.6. The third kappa shape index (κ3) is 3.36. The van der Waals surface area contributed by atoms with E-state index in [1.165, 1.54) is 31.5 Å². The second kappa shape index (κ2) is 7.05. The first-order chi connectivity index (χ1) is 11.9. The molecular weight excluding hydrogens is 413 g/mol. The van der Waals surface area contributed by atoms with E-state index in [0.717, 1.165) is 10.2 Å². The highest BCUT2D eigenvalue weighted by Gasteiger charge is 2.19. The zero-order valence-electron chi connectivity index (χ0n) is 13.5. The average Bonchev–Trinajstić information content (AvgIpc) is 3.14. The molecule has 2 heterocycles. The molecule has 0 aliphatic rings. The highest BCUT2D eigenvalue weighted by atomic mass is 79.9. The van der Waals surface area contributed by atoms with Crippen molar-refractivity contribution in [3.63, 3.8) is 0 Å². The Kier molecular flexibility index (Phi) is 5.01. The SMILES string of the molecule is CCn1nc(Cl)c(Cn2ncnc2-c2ccc(F)cc2C(C)=O)c1Br. The number of hydrogen-bond acceptors (Lipinski definition) is 4. The second-order valence-electron chi connectivity index (χ2n) is 5.36. The van der Waals surface area contributed by atoms with Crippen LogP contribution in [0.1, 0.15) is 29.8 Å². The third-order valence-electron chi connectivity index (χ3n) is 3.76. The Morgan fingerprint density at radius 2 is 2.12 bits per heavy atom. The van der Waals surface area contributed by atoms with Crippen molar-refractivity contribution >= 4 is 33.3 Å². The van der Waals surface area contributed by atoms with Crippen LogP contribution >= 0.6 is 27.5 Å². The van der Waals surface area contributed by atoms with Gasteiger partial charge in [0.2, 0.25) is 0 Å². The van der Waals surface area contributed by atoms with Crippen molar-refractivity contribution in [3.8, 4) is 11.4 Å². The van der Waals surface area contributed by atoms with Gasteiger partial charge in [-0.15, -0.1) is 0 Å². The van der Waals surface area contributed by atoms with Crippen LogP contribution in [0.5, 0.6) is 0 Å². The lowest BCUT2D eigenvalue weighted by Gasteiger charge is -2.09. The number of halogens is 3. The fraction of sp³-hybridized carbons (Fsp3) is 0.250. The standard InChI is InChI=1S/C16H14BrClFN5O/c1-3-23-14(17)13(15(18)22-23)7-24-16(20-8-21-24)11-5-4-10(19)6-12(11)9(2)25/h4-6,8H,3,7H2,1-2H3. The maximum absolute atomic E-state index is 13.5. The van der Waals surface area contributed by atoms with E-state index in [1.807, 2.05) is 6.92 Å². The van der Waals surface area contributed by atoms with Gasteiger partial charge >= 0.3 is 0 Å². The van der Waals surface area contributed by atoms with Crippen LogP contribution in [0.4, 0.5) is 4.39 Å². The van der Waals surface area contributed by atoms with E-state index in [4.69, 9.17) is 11.6 Å². The number of rotatable bonds is 5. The van der Waals surface area contributed by atoms with Gasteiger partial charge in [-0.2, -0.15) is 10.2 Å². The number of nitrogens with zero attached hydrogens (tertiary/aromatic N) is 5. The van der Waals surface area contributed by atoms with Crippen LogP contribution < -0.4 is 0 Å². The molecule has 1 aromatic carbocycles. The lowest BCUT2D eigenvalue weighted by atomic mass is 10.0. The first kappa shape index (κ1) is 17.8. The molecule has 9 heteroatoms. The Morgan fingerprint density at radius 3 is 2.76 bits per heavy atom. The molecule has 0 N–H and O–H groups in total. The summed E-state index contributed by atoms with van der Waals surface area (Å²) in [6.07, 6.45) is 1.38. The number of carbonyl (C=O) groups is 1. The largest absolute Gasteiger partial charge is 0.294 e. The van der Waals surface area contributed by atoms with E-state index in [-0.39, 0.29) is 11.3 Å². The number of benzene rings is 1. The summed E-state index contributed by atoms with van der Waals surface area (Å²) in [5, 5.41) is 8.81. The lowest BCUT2D eigenvalue weighted by Crippen LogP contribution is -2.07. The van der Waals surface area contributed by atoms with Crippen molar-refractivity contribution in [2.75, 3.05) is 0 Å². The summed E-state index contributed by atoms with van der Waals surface area (Å²) in [6, 6.07) is 4.02. The minimum absolute atomic E-state index is 0.248. The molecule has 0 saturated heterocycles. The van der Waals surface area contributed by atoms with Gasteiger partial charge in [-0.05, 0) is 48.0 Å². The van der Waals surface area contributed by atoms with Crippen LogP contribution in [0, 0.1) is 5.82 Å². The average molecular weight is 427 g/mol. The predicted octanol–water partition coefficient (Wildman–Crippen LogP) is 3.97. The molecule has 0 unspecified atom stereocenters. The summed E-state index contributed by atoms with van der Waals surface area (Å²) in [4.78, 5) is 16.1. The molecule has 0 saturated carbocycles. The van der Waals surface area contributed by atoms with Crippen molar-refractivity contribution < 1.29 is 9.18 Å². The first-order valence-electron chi connectivity index (χ1n) is 7.51. The maximum Gasteiger partial charge on any atom is 0.160 e. The highest BCUT2D eigenvalue weighted by molar-refractivity contribution is 9.10. The minimum Gasteiger partial charge on any atom is -0.294 e. The van der Waals surface area contributed by atoms with Gasteiger partial charge in [-0.3, -0.25) is 9.48 Å². The van der Waals surface area contributed by atoms with Gasteiger partial charge in [-0.25, -0.2) is 14.1 Å². The van der Waals surface area contributed by atoms with Gasteiger partial charge in [0.25, 0.3) is 0 Å². The second-order valence-corrected chi connectivity index (χ2v) is 6.47. The summed E-state index contributed by atoms with van der Waals surface area (Å²) in [6.45, 7) is 4.31. The molecule has 0 aliphatic carbocycles. The van der Waals surface area contributed by atoms with Gasteiger partial charge in [0, 0.05) is 23.2 Å². The predicted molar refractivity (Wildman–Crippen MR) is 95.1 cm³/mol. The Balaban J connectivity index is 2.06. The molecule has 0 amide bonds. The molecular formula is C16H14BrClFN5O. The summed E-state index contributed by atoms with van der Waals surface area (Å²) in [5.74, 6) is -0.269. The monoisotopic (exact) mass is 425 g/mol. The third-order valence-corrected chi connectivity index (χ3v) is 4.95. The van der Waals surface area contributed by atoms with E-state index in [2.05, 4.69) is 31.1 Å². The zero-order chi connectivity index (χ0) is 18.1. The molecule has 0 fully saturated rings. The van der Waals surface area contributed by atoms with Crippen LogP contribution in [-0.2, 0) is 13.1 Å². The van der Waals surface area contributed by atoms with Crippen molar-refractivity contribution in [3.05, 3.63) is 51.2 Å². The van der Waals surface area contributed by atoms with E-state index in [9.17, 15) is 9.18 Å². The van der Waals surface area contributed by atoms with Gasteiger partial charge in [0.1, 0.15) is 16.7 Å². The summed E-state index contributed by atoms with van der Waals surface area (Å²) in [5.41, 5.74) is 1.52. The van der Waals surface area contributed by atoms with Gasteiger partial charge in [0.05, 0.1) is 6.54 Å². The number of carbonyl (C=O) groups excluding carboxylic acids is 1. The Hall–Kier alpha value is -2.06. The number of Topliss-reactive ketones (excluding diaryl/α,β-unsaturated/α-hetero) is 1. The summed E-state index contributed by atoms with van der Waals surface area (Å²) >= 11 is 9.71. The number of aromatic nitrogens is 5. The molecule has 130 valence electrons. The fourth-order valence-corrected chi connectivity index (χ4v) is 3.53. The lowest BCUT2D eigenvalue weighted by molar-refractivity contribution is 0.101. The normalized spacial score (nSPS) is 11.1. The van der Waals surface area contributed by atoms with Crippen LogP contribution in [0.25, 0.3) is 11.4 Å². The van der Waals surface area contributed by atoms with E-state index in [1.54, 1.807) is 9.36 Å². The van der Waals surface area contributed by atoms with Gasteiger partial charge in [0.15, 0.2) is 16.8 Å². The van der Waals surface area contributed by atoms with Gasteiger partial charge < -0.3 is 0 Å². The zero-order valence-corrected chi connectivity index (χ0v) is 15.8. The molecule has 0 aliphatic heterocycles. The maximum atomic E-state index is 13.5. The summed E-state index contributed by atoms with van der Waals surface area (Å²) in [7, 11) is 0. The van der Waals surface area contributed by atoms with Crippen molar-refractivity contribution in [2.24, 2.45) is 0 Å². The van der Waals surface area contributed by atoms with Crippen LogP contribution in [0.3, 0.4) is 0 Å². The first-order valence-corrected chi connectivity index (χ1v) is 8.68. The van der Waals surface area contributed by atoms with E-state index >= 15 is 0 Å². The number of ketones is 1. The minimum atomic E-state index is -0.477. The Morgan fingerprint density at radius 1 is 1.36 bits per heavy atom. The molecule has 0 bridgehead atoms. The molecule has 3 aromatic rings. The molecule has 0 atom stereocenters. The highest BCUT2D eigenvalue weighted by Crippen LogP contribution is 2.28. The molecule has 0 spiro atoms. The molecule has 2 aromatic heterocycles. The van der Waals surface area contributed by atoms with Crippen molar-refractivity contribution in [1.82, 2.24) is 24.5 Å². The number of hydrogen-bond donors (Lipinski definition) is 0. The molecule has 6 nitrogen and oxygen atoms in total. The topological polar surface area (TPSA) is 65.6 Å². The van der Waals surface area contributed by atoms with Crippen LogP contribution in [0.15, 0.2) is 29.1 Å². The molecule has 3 rings (SSSR count). The van der Waals surface area contributed by atoms with Gasteiger partial charge in [-0.1, -0.05) is 11.6 Å². The fourth-order valence-electron chi connectivity index (χ4n) is 2.53. The van der Waals surface area contributed by atoms with E-state index in [0.29, 0.717) is 29.6 Å². The number of aryl methyl sites for hydroxylation is 1. The quantitative estimate of drug-likeness (QED) is 0.579. The molecule has 25 heavy (non-hydrogen) atoms. The molecule has 0 radical (unpaired) electrons. The smallest absolute Gasteiger partial charge is 0.160 e. The Bertz CT molecular complexity index is 952. The van der Waals surface area contributed by atoms with Crippen molar-refractivity contribution in [2.45, 2.75) is 26.9 Å².